The molecule has 0 bridgehead atoms. The minimum Gasteiger partial charge on any atom is -0.508 e. The van der Waals surface area contributed by atoms with E-state index in [-0.39, 0.29) is 12.4 Å². The van der Waals surface area contributed by atoms with Crippen LogP contribution in [0.4, 0.5) is 0 Å². The first-order chi connectivity index (χ1) is 14.2. The quantitative estimate of drug-likeness (QED) is 0.212. The summed E-state index contributed by atoms with van der Waals surface area (Å²) in [6.07, 6.45) is -12.9. The van der Waals surface area contributed by atoms with Crippen molar-refractivity contribution >= 4 is 12.6 Å². The summed E-state index contributed by atoms with van der Waals surface area (Å²) in [4.78, 5) is 0. The van der Waals surface area contributed by atoms with E-state index in [0.29, 0.717) is 5.75 Å². The number of hydrogen-bond donors (Lipinski definition) is 8. The van der Waals surface area contributed by atoms with Gasteiger partial charge in [-0.3, -0.25) is 0 Å². The third kappa shape index (κ3) is 4.99. The topological polar surface area (TPSA) is 179 Å². The van der Waals surface area contributed by atoms with Gasteiger partial charge in [0.1, 0.15) is 72.4 Å². The number of ether oxygens (including phenoxy) is 4. The average Bonchev–Trinajstić information content (AvgIpc) is 2.74. The zero-order valence-electron chi connectivity index (χ0n) is 15.7. The van der Waals surface area contributed by atoms with Crippen LogP contribution in [-0.2, 0) is 14.2 Å². The van der Waals surface area contributed by atoms with E-state index in [1.54, 1.807) is 0 Å². The number of rotatable bonds is 6. The first-order valence-electron chi connectivity index (χ1n) is 9.30. The molecule has 1 aromatic carbocycles. The van der Waals surface area contributed by atoms with Crippen LogP contribution in [0, 0.1) is 0 Å². The Bertz CT molecular complexity index is 675. The molecule has 170 valence electrons. The molecule has 12 heteroatoms. The molecule has 1 aromatic rings. The lowest BCUT2D eigenvalue weighted by Gasteiger charge is -2.45. The van der Waals surface area contributed by atoms with E-state index in [2.05, 4.69) is 12.6 Å². The molecular weight excluding hydrogens is 424 g/mol. The summed E-state index contributed by atoms with van der Waals surface area (Å²) in [6, 6.07) is 5.85. The maximum absolute atomic E-state index is 10.5. The minimum atomic E-state index is -1.69. The molecule has 2 heterocycles. The lowest BCUT2D eigenvalue weighted by atomic mass is 9.97. The molecule has 0 aromatic heterocycles. The number of phenolic OH excluding ortho intramolecular Hbond substituents is 1. The second-order valence-corrected chi connectivity index (χ2v) is 7.66. The van der Waals surface area contributed by atoms with Crippen molar-refractivity contribution in [3.05, 3.63) is 24.3 Å². The Labute approximate surface area is 177 Å². The third-order valence-electron chi connectivity index (χ3n) is 5.05. The van der Waals surface area contributed by atoms with Crippen LogP contribution in [0.5, 0.6) is 11.5 Å². The molecule has 0 radical (unpaired) electrons. The van der Waals surface area contributed by atoms with Crippen LogP contribution in [0.15, 0.2) is 24.3 Å². The van der Waals surface area contributed by atoms with Gasteiger partial charge in [-0.1, -0.05) is 0 Å². The van der Waals surface area contributed by atoms with Gasteiger partial charge in [-0.2, -0.15) is 0 Å². The Morgan fingerprint density at radius 3 is 2.13 bits per heavy atom. The van der Waals surface area contributed by atoms with Crippen LogP contribution < -0.4 is 4.74 Å². The molecule has 30 heavy (non-hydrogen) atoms. The molecule has 0 amide bonds. The summed E-state index contributed by atoms with van der Waals surface area (Å²) < 4.78 is 22.0. The van der Waals surface area contributed by atoms with E-state index in [1.807, 2.05) is 0 Å². The van der Waals surface area contributed by atoms with Crippen LogP contribution in [0.2, 0.25) is 0 Å². The molecule has 0 unspecified atom stereocenters. The standard InChI is InChI=1S/C18H26O11S/c19-5-9-11(21)12(22)14(24)17(27-9)29-16-10(28-18(30)15(25)13(16)23)6-26-8-3-1-7(20)2-4-8/h1-4,9-25,30H,5-6H2/t9-,10-,11-,12+,13-,14-,15-,16-,17+,18+/m1/s1. The van der Waals surface area contributed by atoms with Crippen molar-refractivity contribution in [2.24, 2.45) is 0 Å². The highest BCUT2D eigenvalue weighted by atomic mass is 32.1. The number of thiol groups is 1. The SMILES string of the molecule is OC[C@H]1O[C@@H](O[C@H]2[C@H](O)[C@@H](O)[C@H](S)O[C@@H]2COc2ccc(O)cc2)[C@H](O)[C@@H](O)[C@@H]1O. The van der Waals surface area contributed by atoms with E-state index < -0.39 is 67.2 Å². The van der Waals surface area contributed by atoms with E-state index in [4.69, 9.17) is 18.9 Å². The summed E-state index contributed by atoms with van der Waals surface area (Å²) in [7, 11) is 0. The smallest absolute Gasteiger partial charge is 0.187 e. The zero-order valence-corrected chi connectivity index (χ0v) is 16.6. The van der Waals surface area contributed by atoms with Crippen LogP contribution in [0.1, 0.15) is 0 Å². The number of hydrogen-bond acceptors (Lipinski definition) is 12. The molecule has 10 atom stereocenters. The van der Waals surface area contributed by atoms with Crippen molar-refractivity contribution < 1.29 is 54.7 Å². The number of aliphatic hydroxyl groups is 6. The number of aromatic hydroxyl groups is 1. The van der Waals surface area contributed by atoms with Gasteiger partial charge in [-0.05, 0) is 24.3 Å². The van der Waals surface area contributed by atoms with Crippen molar-refractivity contribution in [3.63, 3.8) is 0 Å². The van der Waals surface area contributed by atoms with Crippen molar-refractivity contribution in [1.29, 1.82) is 0 Å². The van der Waals surface area contributed by atoms with Gasteiger partial charge in [0.15, 0.2) is 6.29 Å². The number of phenols is 1. The highest BCUT2D eigenvalue weighted by Gasteiger charge is 2.50. The van der Waals surface area contributed by atoms with Gasteiger partial charge in [-0.15, -0.1) is 12.6 Å². The molecule has 11 nitrogen and oxygen atoms in total. The van der Waals surface area contributed by atoms with Gasteiger partial charge in [0.25, 0.3) is 0 Å². The Morgan fingerprint density at radius 2 is 1.50 bits per heavy atom. The van der Waals surface area contributed by atoms with E-state index in [9.17, 15) is 35.7 Å². The summed E-state index contributed by atoms with van der Waals surface area (Å²) in [6.45, 7) is -0.809. The lowest BCUT2D eigenvalue weighted by molar-refractivity contribution is -0.337. The fraction of sp³-hybridized carbons (Fsp3) is 0.667. The molecular formula is C18H26O11S. The van der Waals surface area contributed by atoms with Crippen LogP contribution in [0.25, 0.3) is 0 Å². The number of benzene rings is 1. The van der Waals surface area contributed by atoms with Crippen molar-refractivity contribution in [3.8, 4) is 11.5 Å². The fourth-order valence-corrected chi connectivity index (χ4v) is 3.61. The predicted octanol–water partition coefficient (Wildman–Crippen LogP) is -2.67. The maximum Gasteiger partial charge on any atom is 0.187 e. The highest BCUT2D eigenvalue weighted by molar-refractivity contribution is 7.80. The Kier molecular flexibility index (Phi) is 7.79. The van der Waals surface area contributed by atoms with Gasteiger partial charge >= 0.3 is 0 Å². The molecule has 2 fully saturated rings. The van der Waals surface area contributed by atoms with Gasteiger partial charge in [0, 0.05) is 0 Å². The second kappa shape index (κ2) is 9.96. The molecule has 2 aliphatic rings. The summed E-state index contributed by atoms with van der Waals surface area (Å²) in [5, 5.41) is 69.2. The zero-order chi connectivity index (χ0) is 22.0. The van der Waals surface area contributed by atoms with Crippen LogP contribution >= 0.6 is 12.6 Å². The molecule has 3 rings (SSSR count). The van der Waals surface area contributed by atoms with Gasteiger partial charge in [-0.25, -0.2) is 0 Å². The largest absolute Gasteiger partial charge is 0.508 e. The average molecular weight is 450 g/mol. The monoisotopic (exact) mass is 450 g/mol. The Hall–Kier alpha value is -1.19. The van der Waals surface area contributed by atoms with E-state index in [0.717, 1.165) is 0 Å². The molecule has 2 saturated heterocycles. The molecule has 0 saturated carbocycles. The second-order valence-electron chi connectivity index (χ2n) is 7.15. The van der Waals surface area contributed by atoms with Crippen LogP contribution in [0.3, 0.4) is 0 Å². The Morgan fingerprint density at radius 1 is 0.833 bits per heavy atom. The molecule has 2 aliphatic heterocycles. The van der Waals surface area contributed by atoms with E-state index >= 15 is 0 Å². The predicted molar refractivity (Wildman–Crippen MR) is 102 cm³/mol. The number of aliphatic hydroxyl groups excluding tert-OH is 6. The van der Waals surface area contributed by atoms with Crippen molar-refractivity contribution in [2.45, 2.75) is 60.6 Å². The van der Waals surface area contributed by atoms with Crippen molar-refractivity contribution in [1.82, 2.24) is 0 Å². The third-order valence-corrected chi connectivity index (χ3v) is 5.48. The minimum absolute atomic E-state index is 0.0501. The fourth-order valence-electron chi connectivity index (χ4n) is 3.28. The van der Waals surface area contributed by atoms with Gasteiger partial charge in [0.05, 0.1) is 6.61 Å². The Balaban J connectivity index is 1.73. The normalized spacial score (nSPS) is 42.1. The van der Waals surface area contributed by atoms with Crippen molar-refractivity contribution in [2.75, 3.05) is 13.2 Å². The summed E-state index contributed by atoms with van der Waals surface area (Å²) in [5.41, 5.74) is -1.05. The van der Waals surface area contributed by atoms with Crippen LogP contribution in [-0.4, -0.2) is 110 Å². The van der Waals surface area contributed by atoms with Gasteiger partial charge < -0.3 is 54.7 Å². The molecule has 0 aliphatic carbocycles. The lowest BCUT2D eigenvalue weighted by Crippen LogP contribution is -2.64. The first-order valence-corrected chi connectivity index (χ1v) is 9.82. The first kappa shape index (κ1) is 23.5. The summed E-state index contributed by atoms with van der Waals surface area (Å²) >= 11 is 4.09. The van der Waals surface area contributed by atoms with E-state index in [1.165, 1.54) is 24.3 Å². The maximum atomic E-state index is 10.5. The summed E-state index contributed by atoms with van der Waals surface area (Å²) in [5.74, 6) is 0.438. The highest BCUT2D eigenvalue weighted by Crippen LogP contribution is 2.30. The van der Waals surface area contributed by atoms with Gasteiger partial charge in [0.2, 0.25) is 0 Å². The molecule has 7 N–H and O–H groups in total. The molecule has 0 spiro atoms.